The number of fused-ring (bicyclic) bond motifs is 1. The Bertz CT molecular complexity index is 625. The first-order chi connectivity index (χ1) is 8.58. The molecule has 1 aromatic heterocycles. The molecule has 18 heavy (non-hydrogen) atoms. The summed E-state index contributed by atoms with van der Waals surface area (Å²) in [6.07, 6.45) is 0. The van der Waals surface area contributed by atoms with Crippen LogP contribution in [0.25, 0.3) is 10.9 Å². The third-order valence-electron chi connectivity index (χ3n) is 2.41. The summed E-state index contributed by atoms with van der Waals surface area (Å²) in [5, 5.41) is 13.2. The van der Waals surface area contributed by atoms with Crippen molar-refractivity contribution in [2.24, 2.45) is 0 Å². The van der Waals surface area contributed by atoms with Crippen molar-refractivity contribution in [2.45, 2.75) is 0 Å². The first-order valence-corrected chi connectivity index (χ1v) is 5.66. The average molecular weight is 263 g/mol. The molecule has 2 N–H and O–H groups in total. The second-order valence-corrected chi connectivity index (χ2v) is 4.28. The first-order valence-electron chi connectivity index (χ1n) is 5.28. The zero-order chi connectivity index (χ0) is 13.1. The van der Waals surface area contributed by atoms with E-state index in [2.05, 4.69) is 16.9 Å². The Morgan fingerprint density at radius 2 is 2.17 bits per heavy atom. The molecule has 4 nitrogen and oxygen atoms in total. The number of carbonyl (C=O) groups is 1. The minimum atomic E-state index is -0.985. The third kappa shape index (κ3) is 2.60. The van der Waals surface area contributed by atoms with Crippen molar-refractivity contribution in [2.75, 3.05) is 11.9 Å². The molecule has 0 atom stereocenters. The van der Waals surface area contributed by atoms with E-state index in [0.29, 0.717) is 28.3 Å². The van der Waals surface area contributed by atoms with Crippen LogP contribution in [0.2, 0.25) is 0 Å². The number of para-hydroxylation sites is 1. The van der Waals surface area contributed by atoms with Crippen molar-refractivity contribution in [3.8, 4) is 0 Å². The SMILES string of the molecule is C=C(Cl)CNc1cc(C(=O)O)c2ccccc2n1. The van der Waals surface area contributed by atoms with Gasteiger partial charge in [-0.25, -0.2) is 9.78 Å². The number of halogens is 1. The number of hydrogen-bond donors (Lipinski definition) is 2. The molecule has 1 heterocycles. The fraction of sp³-hybridized carbons (Fsp3) is 0.0769. The van der Waals surface area contributed by atoms with E-state index in [-0.39, 0.29) is 5.56 Å². The van der Waals surface area contributed by atoms with Gasteiger partial charge in [-0.3, -0.25) is 0 Å². The molecule has 2 rings (SSSR count). The van der Waals surface area contributed by atoms with Crippen LogP contribution in [0.15, 0.2) is 41.9 Å². The molecule has 0 saturated heterocycles. The fourth-order valence-corrected chi connectivity index (χ4v) is 1.70. The van der Waals surface area contributed by atoms with Crippen LogP contribution in [-0.4, -0.2) is 22.6 Å². The normalized spacial score (nSPS) is 10.3. The van der Waals surface area contributed by atoms with Gasteiger partial charge in [0.25, 0.3) is 0 Å². The molecule has 92 valence electrons. The van der Waals surface area contributed by atoms with Crippen LogP contribution in [0.4, 0.5) is 5.82 Å². The summed E-state index contributed by atoms with van der Waals surface area (Å²) in [4.78, 5) is 15.5. The smallest absolute Gasteiger partial charge is 0.336 e. The highest BCUT2D eigenvalue weighted by Crippen LogP contribution is 2.21. The van der Waals surface area contributed by atoms with Crippen LogP contribution >= 0.6 is 11.6 Å². The molecule has 1 aromatic carbocycles. The van der Waals surface area contributed by atoms with Crippen LogP contribution in [0.3, 0.4) is 0 Å². The number of carboxylic acids is 1. The van der Waals surface area contributed by atoms with Crippen molar-refractivity contribution in [1.82, 2.24) is 4.98 Å². The third-order valence-corrected chi connectivity index (χ3v) is 2.54. The molecule has 0 spiro atoms. The van der Waals surface area contributed by atoms with Crippen molar-refractivity contribution < 1.29 is 9.90 Å². The monoisotopic (exact) mass is 262 g/mol. The molecule has 0 radical (unpaired) electrons. The highest BCUT2D eigenvalue weighted by molar-refractivity contribution is 6.29. The standard InChI is InChI=1S/C13H11ClN2O2/c1-8(14)7-15-12-6-10(13(17)18)9-4-2-3-5-11(9)16-12/h2-6H,1,7H2,(H,15,16)(H,17,18). The topological polar surface area (TPSA) is 62.2 Å². The van der Waals surface area contributed by atoms with Crippen LogP contribution in [0, 0.1) is 0 Å². The Labute approximate surface area is 109 Å². The van der Waals surface area contributed by atoms with Crippen molar-refractivity contribution in [3.63, 3.8) is 0 Å². The molecule has 0 saturated carbocycles. The lowest BCUT2D eigenvalue weighted by molar-refractivity contribution is 0.0699. The number of aromatic nitrogens is 1. The largest absolute Gasteiger partial charge is 0.478 e. The summed E-state index contributed by atoms with van der Waals surface area (Å²) in [6, 6.07) is 8.58. The van der Waals surface area contributed by atoms with Crippen LogP contribution in [-0.2, 0) is 0 Å². The van der Waals surface area contributed by atoms with Crippen molar-refractivity contribution in [1.29, 1.82) is 0 Å². The maximum Gasteiger partial charge on any atom is 0.336 e. The van der Waals surface area contributed by atoms with Gasteiger partial charge in [-0.15, -0.1) is 0 Å². The number of anilines is 1. The molecule has 0 aliphatic rings. The quantitative estimate of drug-likeness (QED) is 0.889. The van der Waals surface area contributed by atoms with Crippen LogP contribution < -0.4 is 5.32 Å². The number of carboxylic acid groups (broad SMARTS) is 1. The molecule has 0 unspecified atom stereocenters. The van der Waals surface area contributed by atoms with Crippen LogP contribution in [0.1, 0.15) is 10.4 Å². The molecule has 0 aliphatic heterocycles. The van der Waals surface area contributed by atoms with Gasteiger partial charge in [0.15, 0.2) is 0 Å². The van der Waals surface area contributed by atoms with E-state index in [1.807, 2.05) is 6.07 Å². The summed E-state index contributed by atoms with van der Waals surface area (Å²) in [6.45, 7) is 3.89. The predicted molar refractivity (Wildman–Crippen MR) is 72.2 cm³/mol. The van der Waals surface area contributed by atoms with E-state index in [1.54, 1.807) is 18.2 Å². The number of aromatic carboxylic acids is 1. The van der Waals surface area contributed by atoms with E-state index >= 15 is 0 Å². The molecule has 2 aromatic rings. The van der Waals surface area contributed by atoms with E-state index < -0.39 is 5.97 Å². The number of nitrogens with zero attached hydrogens (tertiary/aromatic N) is 1. The average Bonchev–Trinajstić information content (AvgIpc) is 2.35. The minimum absolute atomic E-state index is 0.211. The molecular formula is C13H11ClN2O2. The molecule has 0 amide bonds. The zero-order valence-electron chi connectivity index (χ0n) is 9.48. The number of pyridine rings is 1. The summed E-state index contributed by atoms with van der Waals surface area (Å²) in [5.41, 5.74) is 0.836. The second-order valence-electron chi connectivity index (χ2n) is 3.75. The van der Waals surface area contributed by atoms with E-state index in [0.717, 1.165) is 0 Å². The summed E-state index contributed by atoms with van der Waals surface area (Å²) in [5.74, 6) is -0.519. The maximum atomic E-state index is 11.2. The van der Waals surface area contributed by atoms with Gasteiger partial charge in [0, 0.05) is 10.4 Å². The van der Waals surface area contributed by atoms with E-state index in [1.165, 1.54) is 6.07 Å². The lowest BCUT2D eigenvalue weighted by Gasteiger charge is -2.08. The Morgan fingerprint density at radius 3 is 2.83 bits per heavy atom. The van der Waals surface area contributed by atoms with Gasteiger partial charge < -0.3 is 10.4 Å². The van der Waals surface area contributed by atoms with Gasteiger partial charge in [-0.1, -0.05) is 36.4 Å². The van der Waals surface area contributed by atoms with E-state index in [9.17, 15) is 9.90 Å². The number of nitrogens with one attached hydrogen (secondary N) is 1. The van der Waals surface area contributed by atoms with Crippen molar-refractivity contribution in [3.05, 3.63) is 47.5 Å². The van der Waals surface area contributed by atoms with Gasteiger partial charge in [-0.2, -0.15) is 0 Å². The van der Waals surface area contributed by atoms with Gasteiger partial charge in [0.05, 0.1) is 17.6 Å². The second kappa shape index (κ2) is 5.06. The Kier molecular flexibility index (Phi) is 3.48. The summed E-state index contributed by atoms with van der Waals surface area (Å²) in [7, 11) is 0. The Hall–Kier alpha value is -2.07. The predicted octanol–water partition coefficient (Wildman–Crippen LogP) is 3.10. The Balaban J connectivity index is 2.50. The van der Waals surface area contributed by atoms with E-state index in [4.69, 9.17) is 11.6 Å². The minimum Gasteiger partial charge on any atom is -0.478 e. The van der Waals surface area contributed by atoms with Gasteiger partial charge >= 0.3 is 5.97 Å². The lowest BCUT2D eigenvalue weighted by Crippen LogP contribution is -2.06. The maximum absolute atomic E-state index is 11.2. The van der Waals surface area contributed by atoms with Gasteiger partial charge in [-0.05, 0) is 12.1 Å². The van der Waals surface area contributed by atoms with Crippen molar-refractivity contribution >= 4 is 34.3 Å². The highest BCUT2D eigenvalue weighted by Gasteiger charge is 2.11. The van der Waals surface area contributed by atoms with Gasteiger partial charge in [0.2, 0.25) is 0 Å². The number of rotatable bonds is 4. The Morgan fingerprint density at radius 1 is 1.44 bits per heavy atom. The number of hydrogen-bond acceptors (Lipinski definition) is 3. The van der Waals surface area contributed by atoms with Crippen LogP contribution in [0.5, 0.6) is 0 Å². The summed E-state index contributed by atoms with van der Waals surface area (Å²) >= 11 is 5.65. The fourth-order valence-electron chi connectivity index (χ4n) is 1.63. The number of benzene rings is 1. The molecule has 0 fully saturated rings. The lowest BCUT2D eigenvalue weighted by atomic mass is 10.1. The molecular weight excluding hydrogens is 252 g/mol. The zero-order valence-corrected chi connectivity index (χ0v) is 10.2. The first kappa shape index (κ1) is 12.4. The molecule has 5 heteroatoms. The van der Waals surface area contributed by atoms with Gasteiger partial charge in [0.1, 0.15) is 5.82 Å². The molecule has 0 aliphatic carbocycles. The molecule has 0 bridgehead atoms. The highest BCUT2D eigenvalue weighted by atomic mass is 35.5. The summed E-state index contributed by atoms with van der Waals surface area (Å²) < 4.78 is 0.